The fraction of sp³-hybridized carbons (Fsp3) is 0.200. The summed E-state index contributed by atoms with van der Waals surface area (Å²) in [6.45, 7) is 1.94. The quantitative estimate of drug-likeness (QED) is 0.669. The highest BCUT2D eigenvalue weighted by Crippen LogP contribution is 2.06. The number of carboxylic acids is 1. The number of carbonyl (C=O) groups is 1. The van der Waals surface area contributed by atoms with E-state index in [0.29, 0.717) is 5.36 Å². The average Bonchev–Trinajstić information content (AvgIpc) is 2.47. The molecule has 14 heavy (non-hydrogen) atoms. The van der Waals surface area contributed by atoms with Crippen molar-refractivity contribution in [1.82, 2.24) is 0 Å². The SMILES string of the molecule is Cc1ccc(C(=O)O)c2c1=C=S(C)N=2. The number of rotatable bonds is 1. The molecule has 1 aromatic carbocycles. The second-order valence-corrected chi connectivity index (χ2v) is 4.47. The molecule has 1 aliphatic heterocycles. The van der Waals surface area contributed by atoms with E-state index in [2.05, 4.69) is 9.42 Å². The lowest BCUT2D eigenvalue weighted by molar-refractivity contribution is 0.0695. The molecule has 4 heteroatoms. The molecular weight excluding hydrogens is 198 g/mol. The summed E-state index contributed by atoms with van der Waals surface area (Å²) < 4.78 is 4.27. The molecule has 0 fully saturated rings. The molecule has 72 valence electrons. The molecule has 1 aliphatic rings. The number of carboxylic acid groups (broad SMARTS) is 1. The van der Waals surface area contributed by atoms with Crippen molar-refractivity contribution in [2.75, 3.05) is 6.26 Å². The minimum Gasteiger partial charge on any atom is -0.478 e. The first-order valence-electron chi connectivity index (χ1n) is 4.11. The Kier molecular flexibility index (Phi) is 2.02. The van der Waals surface area contributed by atoms with Gasteiger partial charge in [0, 0.05) is 6.26 Å². The minimum atomic E-state index is -0.925. The Morgan fingerprint density at radius 3 is 2.93 bits per heavy atom. The van der Waals surface area contributed by atoms with Gasteiger partial charge in [-0.3, -0.25) is 0 Å². The number of nitrogens with zero attached hydrogens (tertiary/aromatic N) is 1. The molecule has 0 radical (unpaired) electrons. The van der Waals surface area contributed by atoms with E-state index in [1.807, 2.05) is 13.2 Å². The number of aryl methyl sites for hydroxylation is 1. The van der Waals surface area contributed by atoms with Gasteiger partial charge in [-0.1, -0.05) is 11.1 Å². The van der Waals surface area contributed by atoms with Crippen LogP contribution in [0.25, 0.3) is 0 Å². The van der Waals surface area contributed by atoms with Gasteiger partial charge in [-0.15, -0.1) is 0 Å². The van der Waals surface area contributed by atoms with Crippen molar-refractivity contribution < 1.29 is 9.90 Å². The lowest BCUT2D eigenvalue weighted by atomic mass is 10.1. The zero-order valence-electron chi connectivity index (χ0n) is 7.87. The summed E-state index contributed by atoms with van der Waals surface area (Å²) in [4.78, 5) is 10.9. The standard InChI is InChI=1S/C10H9NO2S/c1-6-3-4-7(10(12)13)9-8(6)5-14(2)11-9/h3-4H,1-2H3,(H,12,13). The highest BCUT2D eigenvalue weighted by Gasteiger charge is 2.10. The normalized spacial score (nSPS) is 17.7. The predicted octanol–water partition coefficient (Wildman–Crippen LogP) is 0.213. The third-order valence-electron chi connectivity index (χ3n) is 2.09. The van der Waals surface area contributed by atoms with Crippen molar-refractivity contribution >= 4 is 21.7 Å². The minimum absolute atomic E-state index is 0.273. The highest BCUT2D eigenvalue weighted by atomic mass is 32.2. The fourth-order valence-corrected chi connectivity index (χ4v) is 2.46. The molecule has 0 saturated carbocycles. The fourth-order valence-electron chi connectivity index (χ4n) is 1.40. The van der Waals surface area contributed by atoms with Crippen LogP contribution in [0.1, 0.15) is 15.9 Å². The molecule has 1 aromatic rings. The Morgan fingerprint density at radius 1 is 1.57 bits per heavy atom. The zero-order chi connectivity index (χ0) is 10.3. The van der Waals surface area contributed by atoms with Gasteiger partial charge in [-0.25, -0.2) is 9.19 Å². The van der Waals surface area contributed by atoms with Crippen LogP contribution in [0.15, 0.2) is 16.5 Å². The third kappa shape index (κ3) is 1.29. The Balaban J connectivity index is 2.93. The molecule has 0 spiro atoms. The number of benzene rings is 1. The maximum Gasteiger partial charge on any atom is 0.337 e. The van der Waals surface area contributed by atoms with Crippen molar-refractivity contribution in [2.45, 2.75) is 6.92 Å². The van der Waals surface area contributed by atoms with Crippen molar-refractivity contribution in [1.29, 1.82) is 0 Å². The van der Waals surface area contributed by atoms with Gasteiger partial charge in [-0.2, -0.15) is 0 Å². The van der Waals surface area contributed by atoms with Crippen LogP contribution in [0.3, 0.4) is 0 Å². The van der Waals surface area contributed by atoms with Crippen LogP contribution in [0.2, 0.25) is 0 Å². The molecule has 0 aliphatic carbocycles. The Labute approximate surface area is 83.5 Å². The van der Waals surface area contributed by atoms with Gasteiger partial charge in [0.2, 0.25) is 0 Å². The number of hydrogen-bond donors (Lipinski definition) is 1. The molecule has 1 unspecified atom stereocenters. The van der Waals surface area contributed by atoms with E-state index in [4.69, 9.17) is 5.11 Å². The van der Waals surface area contributed by atoms with Crippen LogP contribution < -0.4 is 10.6 Å². The highest BCUT2D eigenvalue weighted by molar-refractivity contribution is 8.12. The van der Waals surface area contributed by atoms with Crippen LogP contribution in [0.4, 0.5) is 0 Å². The first-order chi connectivity index (χ1) is 6.59. The van der Waals surface area contributed by atoms with E-state index in [1.165, 1.54) is 0 Å². The van der Waals surface area contributed by atoms with Crippen LogP contribution in [-0.2, 0) is 0 Å². The smallest absolute Gasteiger partial charge is 0.337 e. The monoisotopic (exact) mass is 207 g/mol. The first-order valence-corrected chi connectivity index (χ1v) is 5.70. The summed E-state index contributed by atoms with van der Waals surface area (Å²) in [5.74, 6) is -0.925. The maximum atomic E-state index is 10.9. The Hall–Kier alpha value is -1.38. The second kappa shape index (κ2) is 3.08. The lowest BCUT2D eigenvalue weighted by Crippen LogP contribution is -2.32. The summed E-state index contributed by atoms with van der Waals surface area (Å²) in [6.07, 6.45) is 1.92. The molecule has 0 saturated heterocycles. The van der Waals surface area contributed by atoms with E-state index in [9.17, 15) is 4.79 Å². The van der Waals surface area contributed by atoms with E-state index >= 15 is 0 Å². The molecule has 0 aromatic heterocycles. The molecule has 1 atom stereocenters. The molecule has 2 rings (SSSR count). The van der Waals surface area contributed by atoms with Crippen LogP contribution in [0, 0.1) is 6.92 Å². The maximum absolute atomic E-state index is 10.9. The van der Waals surface area contributed by atoms with Gasteiger partial charge in [0.15, 0.2) is 0 Å². The van der Waals surface area contributed by atoms with Gasteiger partial charge in [0.05, 0.1) is 10.8 Å². The van der Waals surface area contributed by atoms with Crippen LogP contribution in [-0.4, -0.2) is 22.4 Å². The largest absolute Gasteiger partial charge is 0.478 e. The zero-order valence-corrected chi connectivity index (χ0v) is 8.68. The molecule has 1 N–H and O–H groups in total. The van der Waals surface area contributed by atoms with Gasteiger partial charge in [0.25, 0.3) is 0 Å². The first kappa shape index (κ1) is 9.19. The van der Waals surface area contributed by atoms with E-state index in [0.717, 1.165) is 10.8 Å². The summed E-state index contributed by atoms with van der Waals surface area (Å²) in [7, 11) is -0.295. The number of fused-ring (bicyclic) bond motifs is 1. The summed E-state index contributed by atoms with van der Waals surface area (Å²) in [5.41, 5.74) is 1.31. The Morgan fingerprint density at radius 2 is 2.29 bits per heavy atom. The summed E-state index contributed by atoms with van der Waals surface area (Å²) >= 11 is 0. The number of hydrogen-bond acceptors (Lipinski definition) is 2. The average molecular weight is 207 g/mol. The molecule has 1 heterocycles. The molecule has 0 bridgehead atoms. The topological polar surface area (TPSA) is 49.7 Å². The van der Waals surface area contributed by atoms with E-state index in [1.54, 1.807) is 12.1 Å². The van der Waals surface area contributed by atoms with Gasteiger partial charge in [-0.05, 0) is 29.2 Å². The third-order valence-corrected chi connectivity index (χ3v) is 3.05. The van der Waals surface area contributed by atoms with Crippen molar-refractivity contribution in [3.8, 4) is 0 Å². The van der Waals surface area contributed by atoms with Gasteiger partial charge < -0.3 is 5.11 Å². The van der Waals surface area contributed by atoms with Crippen molar-refractivity contribution in [3.63, 3.8) is 0 Å². The van der Waals surface area contributed by atoms with Crippen LogP contribution in [0.5, 0.6) is 0 Å². The predicted molar refractivity (Wildman–Crippen MR) is 56.5 cm³/mol. The van der Waals surface area contributed by atoms with Crippen LogP contribution >= 0.6 is 10.7 Å². The lowest BCUT2D eigenvalue weighted by Gasteiger charge is -1.95. The van der Waals surface area contributed by atoms with E-state index in [-0.39, 0.29) is 16.2 Å². The van der Waals surface area contributed by atoms with Crippen molar-refractivity contribution in [3.05, 3.63) is 33.8 Å². The Bertz CT molecular complexity index is 583. The van der Waals surface area contributed by atoms with Crippen molar-refractivity contribution in [2.24, 2.45) is 4.40 Å². The molecule has 0 amide bonds. The van der Waals surface area contributed by atoms with Gasteiger partial charge in [0.1, 0.15) is 5.36 Å². The molecular formula is C10H9NO2S. The van der Waals surface area contributed by atoms with Gasteiger partial charge >= 0.3 is 5.97 Å². The summed E-state index contributed by atoms with van der Waals surface area (Å²) in [5, 5.41) is 13.5. The number of aromatic carboxylic acids is 1. The summed E-state index contributed by atoms with van der Waals surface area (Å²) in [6, 6.07) is 3.40. The second-order valence-electron chi connectivity index (χ2n) is 3.13. The van der Waals surface area contributed by atoms with E-state index < -0.39 is 5.97 Å². The molecule has 3 nitrogen and oxygen atoms in total.